The lowest BCUT2D eigenvalue weighted by molar-refractivity contribution is 0.170. The molecule has 2 aliphatic rings. The second kappa shape index (κ2) is 10.3. The topological polar surface area (TPSA) is 81.5 Å². The van der Waals surface area contributed by atoms with Gasteiger partial charge in [-0.15, -0.1) is 0 Å². The predicted molar refractivity (Wildman–Crippen MR) is 132 cm³/mol. The van der Waals surface area contributed by atoms with Crippen LogP contribution in [0.4, 0.5) is 0 Å². The Hall–Kier alpha value is -2.68. The van der Waals surface area contributed by atoms with E-state index in [9.17, 15) is 4.79 Å². The molecular formula is C25H30ClN5O3. The van der Waals surface area contributed by atoms with Gasteiger partial charge in [0.15, 0.2) is 11.5 Å². The van der Waals surface area contributed by atoms with E-state index in [2.05, 4.69) is 27.1 Å². The van der Waals surface area contributed by atoms with E-state index in [1.807, 2.05) is 10.6 Å². The summed E-state index contributed by atoms with van der Waals surface area (Å²) in [6.07, 6.45) is 5.55. The maximum Gasteiger partial charge on any atom is 0.251 e. The van der Waals surface area contributed by atoms with Crippen LogP contribution in [-0.2, 0) is 13.1 Å². The molecule has 3 aromatic rings. The first-order chi connectivity index (χ1) is 16.6. The minimum absolute atomic E-state index is 0.0132. The summed E-state index contributed by atoms with van der Waals surface area (Å²) < 4.78 is 13.0. The average Bonchev–Trinajstić information content (AvgIpc) is 3.24. The van der Waals surface area contributed by atoms with Gasteiger partial charge in [-0.05, 0) is 38.5 Å². The lowest BCUT2D eigenvalue weighted by Gasteiger charge is -2.25. The van der Waals surface area contributed by atoms with Crippen molar-refractivity contribution in [1.29, 1.82) is 0 Å². The highest BCUT2D eigenvalue weighted by Crippen LogP contribution is 2.37. The molecule has 2 aliphatic heterocycles. The molecule has 1 atom stereocenters. The fourth-order valence-corrected chi connectivity index (χ4v) is 5.24. The molecule has 1 N–H and O–H groups in total. The van der Waals surface area contributed by atoms with Gasteiger partial charge in [0.25, 0.3) is 5.56 Å². The molecule has 0 radical (unpaired) electrons. The van der Waals surface area contributed by atoms with Crippen molar-refractivity contribution in [1.82, 2.24) is 24.8 Å². The molecule has 0 amide bonds. The number of halogens is 1. The smallest absolute Gasteiger partial charge is 0.251 e. The third-order valence-electron chi connectivity index (χ3n) is 6.44. The van der Waals surface area contributed by atoms with Gasteiger partial charge in [0.05, 0.1) is 27.9 Å². The number of ether oxygens (including phenoxy) is 2. The standard InChI is InChI=1S/C25H30ClN5O3/c1-2-7-30(8-3-6-27-12-18-11-21-22(14-28-18)34-10-9-33-21)15-17-16-31-23(32)5-4-20-25(31)24(17)19(26)13-29-20/h4-5,11,13-14,17,27H,2-3,6-10,12,15-16H2,1H3. The highest BCUT2D eigenvalue weighted by molar-refractivity contribution is 6.32. The molecular weight excluding hydrogens is 454 g/mol. The van der Waals surface area contributed by atoms with Crippen LogP contribution in [0.5, 0.6) is 11.5 Å². The number of hydrogen-bond donors (Lipinski definition) is 1. The number of fused-ring (bicyclic) bond motifs is 1. The van der Waals surface area contributed by atoms with Crippen LogP contribution in [0.2, 0.25) is 5.02 Å². The molecule has 0 saturated carbocycles. The number of hydrogen-bond acceptors (Lipinski definition) is 7. The van der Waals surface area contributed by atoms with Gasteiger partial charge in [-0.2, -0.15) is 0 Å². The Morgan fingerprint density at radius 1 is 1.18 bits per heavy atom. The largest absolute Gasteiger partial charge is 0.486 e. The molecule has 180 valence electrons. The minimum atomic E-state index is 0.0132. The van der Waals surface area contributed by atoms with Gasteiger partial charge < -0.3 is 24.3 Å². The molecule has 5 rings (SSSR count). The molecule has 0 saturated heterocycles. The summed E-state index contributed by atoms with van der Waals surface area (Å²) in [6, 6.07) is 5.34. The minimum Gasteiger partial charge on any atom is -0.486 e. The molecule has 3 aromatic heterocycles. The van der Waals surface area contributed by atoms with Crippen LogP contribution in [0.1, 0.15) is 36.9 Å². The molecule has 0 aromatic carbocycles. The Labute approximate surface area is 203 Å². The second-order valence-electron chi connectivity index (χ2n) is 8.88. The van der Waals surface area contributed by atoms with E-state index in [4.69, 9.17) is 21.1 Å². The summed E-state index contributed by atoms with van der Waals surface area (Å²) in [6.45, 7) is 8.45. The van der Waals surface area contributed by atoms with E-state index >= 15 is 0 Å². The fourth-order valence-electron chi connectivity index (χ4n) is 4.95. The molecule has 9 heteroatoms. The zero-order valence-electron chi connectivity index (χ0n) is 19.4. The van der Waals surface area contributed by atoms with Gasteiger partial charge in [-0.1, -0.05) is 18.5 Å². The van der Waals surface area contributed by atoms with Gasteiger partial charge in [0.1, 0.15) is 13.2 Å². The third kappa shape index (κ3) is 4.76. The van der Waals surface area contributed by atoms with Gasteiger partial charge in [0, 0.05) is 49.4 Å². The summed E-state index contributed by atoms with van der Waals surface area (Å²) in [7, 11) is 0. The SMILES string of the molecule is CCCN(CCCNCc1cc2c(cn1)OCCO2)CC1Cn2c(=O)ccc3ncc(Cl)c1c32. The maximum atomic E-state index is 12.5. The Bertz CT molecular complexity index is 1230. The van der Waals surface area contributed by atoms with Crippen LogP contribution in [-0.4, -0.2) is 58.8 Å². The number of rotatable bonds is 10. The zero-order valence-corrected chi connectivity index (χ0v) is 20.2. The predicted octanol–water partition coefficient (Wildman–Crippen LogP) is 3.21. The van der Waals surface area contributed by atoms with Gasteiger partial charge in [-0.3, -0.25) is 14.8 Å². The second-order valence-corrected chi connectivity index (χ2v) is 9.29. The van der Waals surface area contributed by atoms with E-state index in [1.165, 1.54) is 0 Å². The van der Waals surface area contributed by atoms with Crippen LogP contribution in [0, 0.1) is 0 Å². The summed E-state index contributed by atoms with van der Waals surface area (Å²) >= 11 is 6.56. The van der Waals surface area contributed by atoms with E-state index in [0.717, 1.165) is 67.1 Å². The van der Waals surface area contributed by atoms with Crippen LogP contribution < -0.4 is 20.3 Å². The molecule has 1 unspecified atom stereocenters. The molecule has 5 heterocycles. The summed E-state index contributed by atoms with van der Waals surface area (Å²) in [5.74, 6) is 1.68. The lowest BCUT2D eigenvalue weighted by atomic mass is 10.0. The van der Waals surface area contributed by atoms with E-state index in [0.29, 0.717) is 37.1 Å². The molecule has 0 fully saturated rings. The average molecular weight is 484 g/mol. The molecule has 0 aliphatic carbocycles. The highest BCUT2D eigenvalue weighted by atomic mass is 35.5. The fraction of sp³-hybridized carbons (Fsp3) is 0.480. The van der Waals surface area contributed by atoms with Crippen molar-refractivity contribution in [2.24, 2.45) is 0 Å². The first-order valence-corrected chi connectivity index (χ1v) is 12.4. The van der Waals surface area contributed by atoms with Crippen molar-refractivity contribution >= 4 is 22.6 Å². The van der Waals surface area contributed by atoms with Crippen LogP contribution in [0.3, 0.4) is 0 Å². The van der Waals surface area contributed by atoms with Gasteiger partial charge in [-0.25, -0.2) is 0 Å². The molecule has 8 nitrogen and oxygen atoms in total. The van der Waals surface area contributed by atoms with Crippen molar-refractivity contribution in [2.75, 3.05) is 39.4 Å². The lowest BCUT2D eigenvalue weighted by Crippen LogP contribution is -2.33. The number of aromatic nitrogens is 3. The van der Waals surface area contributed by atoms with Crippen molar-refractivity contribution in [3.8, 4) is 11.5 Å². The third-order valence-corrected chi connectivity index (χ3v) is 6.74. The summed E-state index contributed by atoms with van der Waals surface area (Å²) in [5, 5.41) is 4.14. The normalized spacial score (nSPS) is 16.5. The zero-order chi connectivity index (χ0) is 23.5. The van der Waals surface area contributed by atoms with Crippen molar-refractivity contribution in [3.05, 3.63) is 57.2 Å². The Kier molecular flexibility index (Phi) is 6.99. The Morgan fingerprint density at radius 3 is 2.88 bits per heavy atom. The Morgan fingerprint density at radius 2 is 2.03 bits per heavy atom. The molecule has 0 spiro atoms. The van der Waals surface area contributed by atoms with E-state index in [1.54, 1.807) is 24.5 Å². The van der Waals surface area contributed by atoms with Gasteiger partial charge in [0.2, 0.25) is 0 Å². The number of pyridine rings is 3. The molecule has 0 bridgehead atoms. The Balaban J connectivity index is 1.16. The van der Waals surface area contributed by atoms with Crippen molar-refractivity contribution in [3.63, 3.8) is 0 Å². The van der Waals surface area contributed by atoms with Crippen LogP contribution in [0.15, 0.2) is 35.4 Å². The van der Waals surface area contributed by atoms with Crippen LogP contribution in [0.25, 0.3) is 11.0 Å². The van der Waals surface area contributed by atoms with Crippen molar-refractivity contribution < 1.29 is 9.47 Å². The number of nitrogens with zero attached hydrogens (tertiary/aromatic N) is 4. The summed E-state index contributed by atoms with van der Waals surface area (Å²) in [4.78, 5) is 23.8. The highest BCUT2D eigenvalue weighted by Gasteiger charge is 2.29. The van der Waals surface area contributed by atoms with E-state index in [-0.39, 0.29) is 11.5 Å². The first-order valence-electron chi connectivity index (χ1n) is 12.0. The summed E-state index contributed by atoms with van der Waals surface area (Å²) in [5.41, 5.74) is 3.75. The van der Waals surface area contributed by atoms with E-state index < -0.39 is 0 Å². The first kappa shape index (κ1) is 23.1. The van der Waals surface area contributed by atoms with Gasteiger partial charge >= 0.3 is 0 Å². The molecule has 34 heavy (non-hydrogen) atoms. The van der Waals surface area contributed by atoms with Crippen LogP contribution >= 0.6 is 11.6 Å². The quantitative estimate of drug-likeness (QED) is 0.443. The van der Waals surface area contributed by atoms with Crippen molar-refractivity contribution in [2.45, 2.75) is 38.8 Å². The monoisotopic (exact) mass is 483 g/mol. The maximum absolute atomic E-state index is 12.5. The number of nitrogens with one attached hydrogen (secondary N) is 1.